The number of nitrogens with zero attached hydrogens (tertiary/aromatic N) is 1. The first kappa shape index (κ1) is 17.1. The Morgan fingerprint density at radius 2 is 1.76 bits per heavy atom. The molecule has 0 N–H and O–H groups in total. The van der Waals surface area contributed by atoms with Gasteiger partial charge in [-0.15, -0.1) is 11.5 Å². The summed E-state index contributed by atoms with van der Waals surface area (Å²) in [6, 6.07) is 3.69. The Hall–Kier alpha value is -1.93. The average Bonchev–Trinajstić information content (AvgIpc) is 2.37. The Morgan fingerprint density at radius 3 is 2.24 bits per heavy atom. The SMILES string of the molecule is COc1cc(/C=[N+](/C)[O-])c(CC#C[Si](C)(C)C)cc1OC. The number of hydrogen-bond acceptors (Lipinski definition) is 3. The Balaban J connectivity index is 3.26. The first-order chi connectivity index (χ1) is 9.76. The van der Waals surface area contributed by atoms with Crippen molar-refractivity contribution in [3.63, 3.8) is 0 Å². The van der Waals surface area contributed by atoms with Crippen LogP contribution in [0.2, 0.25) is 19.6 Å². The van der Waals surface area contributed by atoms with E-state index in [0.29, 0.717) is 17.9 Å². The molecule has 0 atom stereocenters. The van der Waals surface area contributed by atoms with Gasteiger partial charge >= 0.3 is 0 Å². The molecule has 0 fully saturated rings. The van der Waals surface area contributed by atoms with E-state index < -0.39 is 8.07 Å². The zero-order valence-electron chi connectivity index (χ0n) is 13.6. The summed E-state index contributed by atoms with van der Waals surface area (Å²) in [7, 11) is 3.23. The standard InChI is InChI=1S/C16H23NO3Si/c1-17(18)12-14-11-16(20-3)15(19-2)10-13(14)8-7-9-21(4,5)6/h10-12H,8H2,1-6H3/b17-12-. The van der Waals surface area contributed by atoms with E-state index in [-0.39, 0.29) is 0 Å². The van der Waals surface area contributed by atoms with Crippen molar-refractivity contribution in [2.24, 2.45) is 0 Å². The summed E-state index contributed by atoms with van der Waals surface area (Å²) in [4.78, 5) is 0. The predicted octanol–water partition coefficient (Wildman–Crippen LogP) is 2.69. The summed E-state index contributed by atoms with van der Waals surface area (Å²) in [5, 5.41) is 11.3. The van der Waals surface area contributed by atoms with Crippen LogP contribution in [0.3, 0.4) is 0 Å². The fraction of sp³-hybridized carbons (Fsp3) is 0.438. The van der Waals surface area contributed by atoms with Gasteiger partial charge in [0.25, 0.3) is 0 Å². The monoisotopic (exact) mass is 305 g/mol. The van der Waals surface area contributed by atoms with Crippen molar-refractivity contribution in [1.82, 2.24) is 0 Å². The molecular weight excluding hydrogens is 282 g/mol. The molecule has 4 nitrogen and oxygen atoms in total. The molecular formula is C16H23NO3Si. The normalized spacial score (nSPS) is 11.6. The van der Waals surface area contributed by atoms with Gasteiger partial charge in [-0.1, -0.05) is 19.6 Å². The van der Waals surface area contributed by atoms with Gasteiger partial charge in [-0.05, 0) is 17.7 Å². The van der Waals surface area contributed by atoms with Crippen LogP contribution in [0, 0.1) is 16.7 Å². The number of ether oxygens (including phenoxy) is 2. The quantitative estimate of drug-likeness (QED) is 0.214. The minimum atomic E-state index is -1.40. The Morgan fingerprint density at radius 1 is 1.19 bits per heavy atom. The molecule has 1 aromatic rings. The molecule has 0 saturated heterocycles. The van der Waals surface area contributed by atoms with Crippen molar-refractivity contribution in [3.8, 4) is 23.0 Å². The second kappa shape index (κ2) is 7.18. The summed E-state index contributed by atoms with van der Waals surface area (Å²) in [6.45, 7) is 6.60. The van der Waals surface area contributed by atoms with Gasteiger partial charge in [-0.25, -0.2) is 4.74 Å². The van der Waals surface area contributed by atoms with Gasteiger partial charge in [0.2, 0.25) is 0 Å². The van der Waals surface area contributed by atoms with E-state index in [1.807, 2.05) is 6.07 Å². The van der Waals surface area contributed by atoms with Crippen LogP contribution in [0.5, 0.6) is 11.5 Å². The van der Waals surface area contributed by atoms with Crippen molar-refractivity contribution in [2.45, 2.75) is 26.1 Å². The van der Waals surface area contributed by atoms with Gasteiger partial charge < -0.3 is 14.7 Å². The van der Waals surface area contributed by atoms with Crippen LogP contribution in [0.25, 0.3) is 0 Å². The lowest BCUT2D eigenvalue weighted by molar-refractivity contribution is -0.416. The van der Waals surface area contributed by atoms with E-state index >= 15 is 0 Å². The van der Waals surface area contributed by atoms with Crippen LogP contribution < -0.4 is 9.47 Å². The smallest absolute Gasteiger partial charge is 0.182 e. The summed E-state index contributed by atoms with van der Waals surface area (Å²) in [5.74, 6) is 4.47. The third-order valence-electron chi connectivity index (χ3n) is 2.71. The second-order valence-corrected chi connectivity index (χ2v) is 10.6. The molecule has 0 saturated carbocycles. The molecule has 0 radical (unpaired) electrons. The molecule has 5 heteroatoms. The fourth-order valence-electron chi connectivity index (χ4n) is 1.81. The molecule has 21 heavy (non-hydrogen) atoms. The third-order valence-corrected chi connectivity index (χ3v) is 3.64. The molecule has 0 aromatic heterocycles. The van der Waals surface area contributed by atoms with Crippen LogP contribution in [0.15, 0.2) is 12.1 Å². The van der Waals surface area contributed by atoms with Crippen LogP contribution in [-0.2, 0) is 6.42 Å². The molecule has 0 amide bonds. The fourth-order valence-corrected chi connectivity index (χ4v) is 2.43. The summed E-state index contributed by atoms with van der Waals surface area (Å²) in [6.07, 6.45) is 2.11. The van der Waals surface area contributed by atoms with E-state index in [0.717, 1.165) is 15.9 Å². The van der Waals surface area contributed by atoms with Crippen molar-refractivity contribution < 1.29 is 14.2 Å². The highest BCUT2D eigenvalue weighted by atomic mass is 28.3. The first-order valence-electron chi connectivity index (χ1n) is 6.76. The second-order valence-electron chi connectivity index (χ2n) is 5.81. The highest BCUT2D eigenvalue weighted by molar-refractivity contribution is 6.83. The summed E-state index contributed by atoms with van der Waals surface area (Å²) < 4.78 is 11.4. The van der Waals surface area contributed by atoms with E-state index in [4.69, 9.17) is 9.47 Å². The maximum atomic E-state index is 11.3. The van der Waals surface area contributed by atoms with Crippen LogP contribution in [0.4, 0.5) is 0 Å². The van der Waals surface area contributed by atoms with Crippen LogP contribution >= 0.6 is 0 Å². The zero-order valence-corrected chi connectivity index (χ0v) is 14.6. The zero-order chi connectivity index (χ0) is 16.0. The lowest BCUT2D eigenvalue weighted by atomic mass is 10.0. The van der Waals surface area contributed by atoms with Crippen LogP contribution in [-0.4, -0.2) is 40.3 Å². The van der Waals surface area contributed by atoms with Crippen molar-refractivity contribution in [3.05, 3.63) is 28.5 Å². The summed E-state index contributed by atoms with van der Waals surface area (Å²) in [5.41, 5.74) is 5.09. The van der Waals surface area contributed by atoms with Gasteiger partial charge in [-0.2, -0.15) is 0 Å². The largest absolute Gasteiger partial charge is 0.624 e. The van der Waals surface area contributed by atoms with E-state index in [9.17, 15) is 5.21 Å². The number of methoxy groups -OCH3 is 2. The number of hydroxylamine groups is 1. The average molecular weight is 305 g/mol. The van der Waals surface area contributed by atoms with Gasteiger partial charge in [0.15, 0.2) is 17.7 Å². The minimum Gasteiger partial charge on any atom is -0.624 e. The molecule has 1 aromatic carbocycles. The maximum Gasteiger partial charge on any atom is 0.182 e. The van der Waals surface area contributed by atoms with Crippen molar-refractivity contribution in [2.75, 3.05) is 21.3 Å². The Labute approximate surface area is 128 Å². The van der Waals surface area contributed by atoms with Gasteiger partial charge in [0.1, 0.15) is 15.1 Å². The molecule has 114 valence electrons. The Bertz CT molecular complexity index is 588. The van der Waals surface area contributed by atoms with E-state index in [1.54, 1.807) is 20.3 Å². The highest BCUT2D eigenvalue weighted by Gasteiger charge is 2.12. The van der Waals surface area contributed by atoms with E-state index in [1.165, 1.54) is 13.3 Å². The molecule has 1 rings (SSSR count). The number of hydrogen-bond donors (Lipinski definition) is 0. The third kappa shape index (κ3) is 5.52. The van der Waals surface area contributed by atoms with Gasteiger partial charge in [0, 0.05) is 12.0 Å². The first-order valence-corrected chi connectivity index (χ1v) is 10.3. The predicted molar refractivity (Wildman–Crippen MR) is 89.1 cm³/mol. The molecule has 0 heterocycles. The highest BCUT2D eigenvalue weighted by Crippen LogP contribution is 2.30. The molecule has 0 spiro atoms. The maximum absolute atomic E-state index is 11.3. The van der Waals surface area contributed by atoms with Gasteiger partial charge in [-0.3, -0.25) is 0 Å². The van der Waals surface area contributed by atoms with Crippen LogP contribution in [0.1, 0.15) is 11.1 Å². The van der Waals surface area contributed by atoms with Gasteiger partial charge in [0.05, 0.1) is 14.2 Å². The topological polar surface area (TPSA) is 44.5 Å². The molecule has 0 unspecified atom stereocenters. The lowest BCUT2D eigenvalue weighted by Gasteiger charge is -2.11. The van der Waals surface area contributed by atoms with Crippen molar-refractivity contribution in [1.29, 1.82) is 0 Å². The van der Waals surface area contributed by atoms with E-state index in [2.05, 4.69) is 31.1 Å². The molecule has 0 bridgehead atoms. The number of rotatable bonds is 4. The molecule has 0 aliphatic carbocycles. The molecule has 0 aliphatic heterocycles. The lowest BCUT2D eigenvalue weighted by Crippen LogP contribution is -2.16. The van der Waals surface area contributed by atoms with Crippen molar-refractivity contribution >= 4 is 14.3 Å². The Kier molecular flexibility index (Phi) is 5.86. The minimum absolute atomic E-state index is 0.588. The number of benzene rings is 1. The summed E-state index contributed by atoms with van der Waals surface area (Å²) >= 11 is 0. The molecule has 0 aliphatic rings.